The van der Waals surface area contributed by atoms with Crippen molar-refractivity contribution in [3.63, 3.8) is 0 Å². The van der Waals surface area contributed by atoms with Crippen LogP contribution in [0.2, 0.25) is 10.0 Å². The molecule has 8 heteroatoms. The lowest BCUT2D eigenvalue weighted by Crippen LogP contribution is -2.18. The highest BCUT2D eigenvalue weighted by molar-refractivity contribution is 6.33. The largest absolute Gasteiger partial charge is 0.490 e. The standard InChI is InChI=1S/C26H24Cl2FN3O2/c1-15(24-21(28)4-3-5-22(24)29)32(2)26-23(34-11-10-16-6-7-16)13-18(14-31-26)19-12-17(25(30)33)8-9-20(19)27/h3-5,8-9,12-14,16H,1,6-7,10-11H2,2H3,(H2,30,33). The molecule has 1 saturated carbocycles. The molecule has 0 unspecified atom stereocenters. The molecule has 4 rings (SSSR count). The fraction of sp³-hybridized carbons (Fsp3) is 0.231. The Kier molecular flexibility index (Phi) is 7.10. The number of ether oxygens (including phenoxy) is 1. The lowest BCUT2D eigenvalue weighted by Gasteiger charge is -2.25. The average molecular weight is 500 g/mol. The normalized spacial score (nSPS) is 12.9. The van der Waals surface area contributed by atoms with Gasteiger partial charge in [-0.25, -0.2) is 9.37 Å². The molecule has 176 valence electrons. The Balaban J connectivity index is 1.72. The van der Waals surface area contributed by atoms with Crippen LogP contribution in [0.5, 0.6) is 5.75 Å². The van der Waals surface area contributed by atoms with E-state index in [0.717, 1.165) is 6.42 Å². The zero-order chi connectivity index (χ0) is 24.4. The molecule has 1 heterocycles. The van der Waals surface area contributed by atoms with Crippen LogP contribution >= 0.6 is 23.2 Å². The van der Waals surface area contributed by atoms with Crippen LogP contribution in [0.4, 0.5) is 10.2 Å². The monoisotopic (exact) mass is 499 g/mol. The molecular formula is C26H24Cl2FN3O2. The number of hydrogen-bond donors (Lipinski definition) is 1. The summed E-state index contributed by atoms with van der Waals surface area (Å²) in [7, 11) is 1.72. The summed E-state index contributed by atoms with van der Waals surface area (Å²) < 4.78 is 20.7. The Morgan fingerprint density at radius 2 is 2.00 bits per heavy atom. The predicted molar refractivity (Wildman–Crippen MR) is 135 cm³/mol. The summed E-state index contributed by atoms with van der Waals surface area (Å²) in [5, 5.41) is 0.694. The van der Waals surface area contributed by atoms with Crippen molar-refractivity contribution < 1.29 is 13.9 Å². The molecular weight excluding hydrogens is 476 g/mol. The Hall–Kier alpha value is -3.09. The minimum Gasteiger partial charge on any atom is -0.490 e. The van der Waals surface area contributed by atoms with Crippen molar-refractivity contribution in [1.82, 2.24) is 4.98 Å². The molecule has 0 aliphatic heterocycles. The summed E-state index contributed by atoms with van der Waals surface area (Å²) in [6, 6.07) is 11.1. The number of anilines is 1. The number of carbonyl (C=O) groups is 1. The molecule has 34 heavy (non-hydrogen) atoms. The second-order valence-corrected chi connectivity index (χ2v) is 9.10. The number of benzene rings is 2. The van der Waals surface area contributed by atoms with Crippen molar-refractivity contribution in [2.75, 3.05) is 18.6 Å². The summed E-state index contributed by atoms with van der Waals surface area (Å²) in [6.45, 7) is 4.55. The van der Waals surface area contributed by atoms with Crippen molar-refractivity contribution in [2.24, 2.45) is 11.7 Å². The van der Waals surface area contributed by atoms with Gasteiger partial charge in [-0.2, -0.15) is 0 Å². The molecule has 0 saturated heterocycles. The zero-order valence-corrected chi connectivity index (χ0v) is 20.2. The van der Waals surface area contributed by atoms with E-state index in [-0.39, 0.29) is 10.6 Å². The highest BCUT2D eigenvalue weighted by Gasteiger charge is 2.23. The number of aromatic nitrogens is 1. The first-order valence-corrected chi connectivity index (χ1v) is 11.6. The van der Waals surface area contributed by atoms with Gasteiger partial charge in [0.1, 0.15) is 5.82 Å². The lowest BCUT2D eigenvalue weighted by molar-refractivity contribution is 0.100. The summed E-state index contributed by atoms with van der Waals surface area (Å²) in [5.74, 6) is 0.584. The molecule has 0 spiro atoms. The smallest absolute Gasteiger partial charge is 0.248 e. The number of primary amides is 1. The number of hydrogen-bond acceptors (Lipinski definition) is 4. The van der Waals surface area contributed by atoms with Gasteiger partial charge in [0.05, 0.1) is 17.2 Å². The van der Waals surface area contributed by atoms with E-state index in [2.05, 4.69) is 11.6 Å². The first kappa shape index (κ1) is 24.0. The summed E-state index contributed by atoms with van der Waals surface area (Å²) in [6.07, 6.45) is 4.98. The average Bonchev–Trinajstić information content (AvgIpc) is 3.63. The van der Waals surface area contributed by atoms with Crippen LogP contribution in [-0.2, 0) is 0 Å². The van der Waals surface area contributed by atoms with Crippen molar-refractivity contribution in [1.29, 1.82) is 0 Å². The maximum atomic E-state index is 14.5. The maximum Gasteiger partial charge on any atom is 0.248 e. The van der Waals surface area contributed by atoms with E-state index in [9.17, 15) is 9.18 Å². The van der Waals surface area contributed by atoms with E-state index < -0.39 is 11.7 Å². The van der Waals surface area contributed by atoms with Gasteiger partial charge in [-0.1, -0.05) is 48.7 Å². The fourth-order valence-corrected chi connectivity index (χ4v) is 4.15. The van der Waals surface area contributed by atoms with Gasteiger partial charge in [0.15, 0.2) is 11.6 Å². The molecule has 1 aromatic heterocycles. The number of amides is 1. The second kappa shape index (κ2) is 10.0. The Bertz CT molecular complexity index is 1240. The SMILES string of the molecule is C=C(c1c(F)cccc1Cl)N(C)c1ncc(-c2cc(C(N)=O)ccc2Cl)cc1OCCC1CC1. The summed E-state index contributed by atoms with van der Waals surface area (Å²) in [4.78, 5) is 17.9. The topological polar surface area (TPSA) is 68.5 Å². The van der Waals surface area contributed by atoms with Gasteiger partial charge < -0.3 is 15.4 Å². The third kappa shape index (κ3) is 5.18. The van der Waals surface area contributed by atoms with E-state index in [4.69, 9.17) is 33.7 Å². The van der Waals surface area contributed by atoms with E-state index in [1.165, 1.54) is 25.0 Å². The van der Waals surface area contributed by atoms with E-state index in [0.29, 0.717) is 51.5 Å². The number of halogens is 3. The van der Waals surface area contributed by atoms with Crippen molar-refractivity contribution in [2.45, 2.75) is 19.3 Å². The molecule has 0 atom stereocenters. The molecule has 3 aromatic rings. The number of pyridine rings is 1. The van der Waals surface area contributed by atoms with Gasteiger partial charge in [-0.15, -0.1) is 0 Å². The zero-order valence-electron chi connectivity index (χ0n) is 18.7. The van der Waals surface area contributed by atoms with E-state index in [1.807, 2.05) is 0 Å². The van der Waals surface area contributed by atoms with Crippen LogP contribution in [0.15, 0.2) is 55.2 Å². The molecule has 2 aromatic carbocycles. The molecule has 1 aliphatic rings. The van der Waals surface area contributed by atoms with Crippen LogP contribution in [-0.4, -0.2) is 24.5 Å². The lowest BCUT2D eigenvalue weighted by atomic mass is 10.0. The Morgan fingerprint density at radius 1 is 1.24 bits per heavy atom. The molecule has 5 nitrogen and oxygen atoms in total. The van der Waals surface area contributed by atoms with Gasteiger partial charge in [0.25, 0.3) is 0 Å². The van der Waals surface area contributed by atoms with Crippen LogP contribution < -0.4 is 15.4 Å². The molecule has 0 radical (unpaired) electrons. The molecule has 1 fully saturated rings. The van der Waals surface area contributed by atoms with Gasteiger partial charge in [0, 0.05) is 40.7 Å². The molecule has 0 bridgehead atoms. The maximum absolute atomic E-state index is 14.5. The minimum atomic E-state index is -0.554. The van der Waals surface area contributed by atoms with Crippen molar-refractivity contribution in [3.05, 3.63) is 82.2 Å². The number of carbonyl (C=O) groups excluding carboxylic acids is 1. The second-order valence-electron chi connectivity index (χ2n) is 8.29. The number of nitrogens with two attached hydrogens (primary N) is 1. The Morgan fingerprint density at radius 3 is 2.68 bits per heavy atom. The molecule has 2 N–H and O–H groups in total. The van der Waals surface area contributed by atoms with Crippen molar-refractivity contribution in [3.8, 4) is 16.9 Å². The quantitative estimate of drug-likeness (QED) is 0.361. The fourth-order valence-electron chi connectivity index (χ4n) is 3.65. The first-order chi connectivity index (χ1) is 16.3. The van der Waals surface area contributed by atoms with Crippen LogP contribution in [0, 0.1) is 11.7 Å². The summed E-state index contributed by atoms with van der Waals surface area (Å²) >= 11 is 12.7. The van der Waals surface area contributed by atoms with Gasteiger partial charge in [-0.05, 0) is 48.7 Å². The van der Waals surface area contributed by atoms with Crippen LogP contribution in [0.3, 0.4) is 0 Å². The number of nitrogens with zero attached hydrogens (tertiary/aromatic N) is 2. The van der Waals surface area contributed by atoms with Gasteiger partial charge in [0.2, 0.25) is 5.91 Å². The van der Waals surface area contributed by atoms with Gasteiger partial charge in [-0.3, -0.25) is 4.79 Å². The first-order valence-electron chi connectivity index (χ1n) is 10.9. The van der Waals surface area contributed by atoms with Crippen LogP contribution in [0.25, 0.3) is 16.8 Å². The highest BCUT2D eigenvalue weighted by atomic mass is 35.5. The minimum absolute atomic E-state index is 0.193. The Labute approximate surface area is 208 Å². The number of rotatable bonds is 9. The van der Waals surface area contributed by atoms with Gasteiger partial charge >= 0.3 is 0 Å². The molecule has 1 amide bonds. The van der Waals surface area contributed by atoms with Crippen molar-refractivity contribution >= 4 is 40.6 Å². The van der Waals surface area contributed by atoms with Crippen LogP contribution in [0.1, 0.15) is 35.2 Å². The molecule has 1 aliphatic carbocycles. The third-order valence-electron chi connectivity index (χ3n) is 5.85. The van der Waals surface area contributed by atoms with E-state index in [1.54, 1.807) is 48.5 Å². The highest BCUT2D eigenvalue weighted by Crippen LogP contribution is 2.39. The predicted octanol–water partition coefficient (Wildman–Crippen LogP) is 6.58. The third-order valence-corrected chi connectivity index (χ3v) is 6.49. The summed E-state index contributed by atoms with van der Waals surface area (Å²) in [5.41, 5.74) is 7.55. The van der Waals surface area contributed by atoms with E-state index >= 15 is 0 Å².